The molecule has 0 radical (unpaired) electrons. The fourth-order valence-corrected chi connectivity index (χ4v) is 2.16. The first kappa shape index (κ1) is 10.7. The summed E-state index contributed by atoms with van der Waals surface area (Å²) >= 11 is 0. The number of aryl methyl sites for hydroxylation is 1. The van der Waals surface area contributed by atoms with Crippen LogP contribution in [0.2, 0.25) is 0 Å². The molecule has 0 spiro atoms. The van der Waals surface area contributed by atoms with E-state index in [2.05, 4.69) is 45.0 Å². The highest BCUT2D eigenvalue weighted by atomic mass is 16.5. The van der Waals surface area contributed by atoms with Gasteiger partial charge < -0.3 is 10.5 Å². The van der Waals surface area contributed by atoms with Gasteiger partial charge in [0.1, 0.15) is 0 Å². The van der Waals surface area contributed by atoms with Gasteiger partial charge in [-0.15, -0.1) is 0 Å². The van der Waals surface area contributed by atoms with Crippen LogP contribution < -0.4 is 5.73 Å². The van der Waals surface area contributed by atoms with Crippen molar-refractivity contribution in [3.8, 4) is 0 Å². The van der Waals surface area contributed by atoms with E-state index < -0.39 is 0 Å². The molecule has 2 nitrogen and oxygen atoms in total. The maximum Gasteiger partial charge on any atom is 0.0603 e. The van der Waals surface area contributed by atoms with E-state index in [0.717, 1.165) is 13.2 Å². The van der Waals surface area contributed by atoms with Crippen LogP contribution >= 0.6 is 0 Å². The minimum Gasteiger partial charge on any atom is -0.379 e. The molecule has 1 heterocycles. The van der Waals surface area contributed by atoms with Gasteiger partial charge in [-0.05, 0) is 26.3 Å². The lowest BCUT2D eigenvalue weighted by Crippen LogP contribution is -2.64. The second kappa shape index (κ2) is 3.32. The van der Waals surface area contributed by atoms with Crippen molar-refractivity contribution in [3.05, 3.63) is 35.4 Å². The summed E-state index contributed by atoms with van der Waals surface area (Å²) in [6, 6.07) is 8.58. The van der Waals surface area contributed by atoms with Crippen LogP contribution in [-0.2, 0) is 10.2 Å². The summed E-state index contributed by atoms with van der Waals surface area (Å²) in [5.41, 5.74) is 8.63. The second-order valence-electron chi connectivity index (χ2n) is 5.17. The standard InChI is InChI=1S/C13H19NO/c1-10-5-4-6-11(7-10)13(8-15-9-13)12(2,3)14/h4-7H,8-9,14H2,1-3H3. The minimum absolute atomic E-state index is 0.000972. The third-order valence-electron chi connectivity index (χ3n) is 3.50. The summed E-state index contributed by atoms with van der Waals surface area (Å²) in [4.78, 5) is 0. The fraction of sp³-hybridized carbons (Fsp3) is 0.538. The molecule has 0 saturated carbocycles. The highest BCUT2D eigenvalue weighted by Gasteiger charge is 2.50. The lowest BCUT2D eigenvalue weighted by molar-refractivity contribution is -0.0919. The zero-order valence-corrected chi connectivity index (χ0v) is 9.71. The van der Waals surface area contributed by atoms with Gasteiger partial charge in [-0.1, -0.05) is 29.8 Å². The van der Waals surface area contributed by atoms with E-state index in [1.165, 1.54) is 11.1 Å². The Bertz CT molecular complexity index is 361. The lowest BCUT2D eigenvalue weighted by atomic mass is 9.65. The predicted molar refractivity (Wildman–Crippen MR) is 61.9 cm³/mol. The molecule has 1 fully saturated rings. The summed E-state index contributed by atoms with van der Waals surface area (Å²) in [5, 5.41) is 0. The summed E-state index contributed by atoms with van der Waals surface area (Å²) in [6.07, 6.45) is 0. The van der Waals surface area contributed by atoms with Crippen molar-refractivity contribution in [1.82, 2.24) is 0 Å². The summed E-state index contributed by atoms with van der Waals surface area (Å²) in [7, 11) is 0. The molecule has 1 aromatic rings. The Morgan fingerprint density at radius 3 is 2.40 bits per heavy atom. The van der Waals surface area contributed by atoms with Gasteiger partial charge in [0, 0.05) is 5.54 Å². The molecule has 1 saturated heterocycles. The number of hydrogen-bond acceptors (Lipinski definition) is 2. The van der Waals surface area contributed by atoms with Gasteiger partial charge in [0.15, 0.2) is 0 Å². The van der Waals surface area contributed by atoms with Crippen LogP contribution in [0, 0.1) is 6.92 Å². The zero-order valence-electron chi connectivity index (χ0n) is 9.71. The monoisotopic (exact) mass is 205 g/mol. The topological polar surface area (TPSA) is 35.2 Å². The molecule has 1 aliphatic rings. The van der Waals surface area contributed by atoms with E-state index in [4.69, 9.17) is 10.5 Å². The molecule has 82 valence electrons. The van der Waals surface area contributed by atoms with Crippen molar-refractivity contribution in [1.29, 1.82) is 0 Å². The zero-order chi connectivity index (χ0) is 11.1. The van der Waals surface area contributed by atoms with Gasteiger partial charge >= 0.3 is 0 Å². The predicted octanol–water partition coefficient (Wildman–Crippen LogP) is 2.00. The quantitative estimate of drug-likeness (QED) is 0.801. The van der Waals surface area contributed by atoms with Crippen LogP contribution in [0.25, 0.3) is 0 Å². The van der Waals surface area contributed by atoms with Crippen molar-refractivity contribution < 1.29 is 4.74 Å². The third-order valence-corrected chi connectivity index (χ3v) is 3.50. The van der Waals surface area contributed by atoms with Crippen molar-refractivity contribution >= 4 is 0 Å². The number of hydrogen-bond donors (Lipinski definition) is 1. The molecule has 2 rings (SSSR count). The molecule has 0 atom stereocenters. The van der Waals surface area contributed by atoms with Gasteiger partial charge in [0.25, 0.3) is 0 Å². The van der Waals surface area contributed by atoms with Crippen LogP contribution in [0.4, 0.5) is 0 Å². The molecule has 0 bridgehead atoms. The third kappa shape index (κ3) is 1.58. The SMILES string of the molecule is Cc1cccc(C2(C(C)(C)N)COC2)c1. The van der Waals surface area contributed by atoms with E-state index in [1.54, 1.807) is 0 Å². The van der Waals surface area contributed by atoms with Crippen LogP contribution in [0.3, 0.4) is 0 Å². The van der Waals surface area contributed by atoms with Gasteiger partial charge in [0.2, 0.25) is 0 Å². The first-order valence-electron chi connectivity index (χ1n) is 5.39. The average Bonchev–Trinajstić information content (AvgIpc) is 1.98. The molecule has 1 aliphatic heterocycles. The van der Waals surface area contributed by atoms with Crippen LogP contribution in [0.1, 0.15) is 25.0 Å². The number of rotatable bonds is 2. The van der Waals surface area contributed by atoms with Gasteiger partial charge in [0.05, 0.1) is 18.6 Å². The number of nitrogens with two attached hydrogens (primary N) is 1. The van der Waals surface area contributed by atoms with Crippen molar-refractivity contribution in [2.45, 2.75) is 31.7 Å². The molecule has 15 heavy (non-hydrogen) atoms. The normalized spacial score (nSPS) is 19.7. The first-order valence-corrected chi connectivity index (χ1v) is 5.39. The highest BCUT2D eigenvalue weighted by molar-refractivity contribution is 5.35. The summed E-state index contributed by atoms with van der Waals surface area (Å²) in [5.74, 6) is 0. The maximum absolute atomic E-state index is 6.28. The molecular formula is C13H19NO. The van der Waals surface area contributed by atoms with E-state index in [9.17, 15) is 0 Å². The van der Waals surface area contributed by atoms with E-state index in [0.29, 0.717) is 0 Å². The first-order chi connectivity index (χ1) is 6.96. The Balaban J connectivity index is 2.43. The molecule has 0 aliphatic carbocycles. The Morgan fingerprint density at radius 1 is 1.33 bits per heavy atom. The average molecular weight is 205 g/mol. The summed E-state index contributed by atoms with van der Waals surface area (Å²) in [6.45, 7) is 7.75. The highest BCUT2D eigenvalue weighted by Crippen LogP contribution is 2.40. The second-order valence-corrected chi connectivity index (χ2v) is 5.17. The van der Waals surface area contributed by atoms with Crippen LogP contribution in [-0.4, -0.2) is 18.8 Å². The smallest absolute Gasteiger partial charge is 0.0603 e. The Hall–Kier alpha value is -0.860. The molecule has 0 amide bonds. The Labute approximate surface area is 91.4 Å². The minimum atomic E-state index is -0.237. The maximum atomic E-state index is 6.28. The molecule has 2 heteroatoms. The number of ether oxygens (including phenoxy) is 1. The Kier molecular flexibility index (Phi) is 2.36. The lowest BCUT2D eigenvalue weighted by Gasteiger charge is -2.51. The molecule has 0 aromatic heterocycles. The van der Waals surface area contributed by atoms with Crippen LogP contribution in [0.5, 0.6) is 0 Å². The largest absolute Gasteiger partial charge is 0.379 e. The molecule has 1 aromatic carbocycles. The van der Waals surface area contributed by atoms with Crippen molar-refractivity contribution in [2.75, 3.05) is 13.2 Å². The van der Waals surface area contributed by atoms with E-state index >= 15 is 0 Å². The van der Waals surface area contributed by atoms with Crippen molar-refractivity contribution in [2.24, 2.45) is 5.73 Å². The number of benzene rings is 1. The summed E-state index contributed by atoms with van der Waals surface area (Å²) < 4.78 is 5.38. The Morgan fingerprint density at radius 2 is 2.00 bits per heavy atom. The molecular weight excluding hydrogens is 186 g/mol. The van der Waals surface area contributed by atoms with Gasteiger partial charge in [-0.2, -0.15) is 0 Å². The van der Waals surface area contributed by atoms with Crippen molar-refractivity contribution in [3.63, 3.8) is 0 Å². The van der Waals surface area contributed by atoms with E-state index in [1.807, 2.05) is 0 Å². The molecule has 0 unspecified atom stereocenters. The van der Waals surface area contributed by atoms with Crippen LogP contribution in [0.15, 0.2) is 24.3 Å². The van der Waals surface area contributed by atoms with Gasteiger partial charge in [-0.25, -0.2) is 0 Å². The van der Waals surface area contributed by atoms with E-state index in [-0.39, 0.29) is 11.0 Å². The van der Waals surface area contributed by atoms with Gasteiger partial charge in [-0.3, -0.25) is 0 Å². The fourth-order valence-electron chi connectivity index (χ4n) is 2.16. The molecule has 2 N–H and O–H groups in total.